The lowest BCUT2D eigenvalue weighted by Crippen LogP contribution is -1.97. The van der Waals surface area contributed by atoms with E-state index in [1.165, 1.54) is 0 Å². The molecule has 0 spiro atoms. The number of oxime groups is 1. The van der Waals surface area contributed by atoms with Crippen LogP contribution in [0.1, 0.15) is 5.82 Å². The molecule has 0 unspecified atom stereocenters. The van der Waals surface area contributed by atoms with Crippen molar-refractivity contribution in [3.8, 4) is 0 Å². The van der Waals surface area contributed by atoms with Gasteiger partial charge in [0.05, 0.1) is 0 Å². The van der Waals surface area contributed by atoms with E-state index < -0.39 is 5.24 Å². The van der Waals surface area contributed by atoms with E-state index >= 15 is 0 Å². The third-order valence-corrected chi connectivity index (χ3v) is 1.81. The number of carbonyl (C=O) groups is 1. The fraction of sp³-hybridized carbons (Fsp3) is 0.333. The Labute approximate surface area is 88.9 Å². The number of hydrogen-bond donors (Lipinski definition) is 1. The summed E-state index contributed by atoms with van der Waals surface area (Å²) in [5, 5.41) is 3.04. The van der Waals surface area contributed by atoms with E-state index in [4.69, 9.17) is 22.2 Å². The van der Waals surface area contributed by atoms with E-state index in [2.05, 4.69) is 14.5 Å². The molecule has 2 N–H and O–H groups in total. The monoisotopic (exact) mass is 234 g/mol. The standard InChI is InChI=1S/C6H7ClN4O2S/c7-4(12)3-9-13-2-1-5-10-6(8)14-11-5/h3H,1-2H2,(H2,8,10,11). The van der Waals surface area contributed by atoms with Gasteiger partial charge in [0.2, 0.25) is 0 Å². The van der Waals surface area contributed by atoms with Crippen LogP contribution in [0.15, 0.2) is 5.16 Å². The van der Waals surface area contributed by atoms with Gasteiger partial charge in [-0.2, -0.15) is 4.37 Å². The topological polar surface area (TPSA) is 90.5 Å². The van der Waals surface area contributed by atoms with Gasteiger partial charge in [-0.1, -0.05) is 5.16 Å². The normalized spacial score (nSPS) is 10.6. The Kier molecular flexibility index (Phi) is 4.27. The van der Waals surface area contributed by atoms with E-state index in [1.807, 2.05) is 0 Å². The first-order valence-corrected chi connectivity index (χ1v) is 4.76. The number of nitrogens with two attached hydrogens (primary N) is 1. The third-order valence-electron chi connectivity index (χ3n) is 1.13. The van der Waals surface area contributed by atoms with Crippen molar-refractivity contribution >= 4 is 39.7 Å². The molecule has 1 heterocycles. The van der Waals surface area contributed by atoms with Crippen LogP contribution in [-0.2, 0) is 16.1 Å². The van der Waals surface area contributed by atoms with Gasteiger partial charge in [0.15, 0.2) is 5.13 Å². The molecule has 14 heavy (non-hydrogen) atoms. The van der Waals surface area contributed by atoms with Crippen molar-refractivity contribution in [2.24, 2.45) is 5.16 Å². The van der Waals surface area contributed by atoms with E-state index in [0.717, 1.165) is 17.7 Å². The Hall–Kier alpha value is -1.21. The summed E-state index contributed by atoms with van der Waals surface area (Å²) >= 11 is 6.09. The summed E-state index contributed by atoms with van der Waals surface area (Å²) in [5.74, 6) is 0.597. The lowest BCUT2D eigenvalue weighted by atomic mass is 10.4. The molecule has 0 aliphatic carbocycles. The number of nitrogens with zero attached hydrogens (tertiary/aromatic N) is 3. The molecule has 1 aromatic heterocycles. The van der Waals surface area contributed by atoms with Crippen molar-refractivity contribution < 1.29 is 9.63 Å². The summed E-state index contributed by atoms with van der Waals surface area (Å²) in [6.07, 6.45) is 1.37. The molecule has 0 saturated heterocycles. The minimum atomic E-state index is -0.680. The molecule has 76 valence electrons. The SMILES string of the molecule is Nc1nc(CCON=CC(=O)Cl)ns1. The highest BCUT2D eigenvalue weighted by Crippen LogP contribution is 2.05. The predicted octanol–water partition coefficient (Wildman–Crippen LogP) is 0.431. The minimum Gasteiger partial charge on any atom is -0.395 e. The van der Waals surface area contributed by atoms with Gasteiger partial charge in [-0.05, 0) is 11.6 Å². The van der Waals surface area contributed by atoms with Crippen LogP contribution in [0.2, 0.25) is 0 Å². The van der Waals surface area contributed by atoms with E-state index in [0.29, 0.717) is 17.4 Å². The zero-order valence-electron chi connectivity index (χ0n) is 7.01. The number of carbonyl (C=O) groups excluding carboxylic acids is 1. The van der Waals surface area contributed by atoms with E-state index in [1.54, 1.807) is 0 Å². The van der Waals surface area contributed by atoms with Crippen LogP contribution in [0.4, 0.5) is 5.13 Å². The van der Waals surface area contributed by atoms with E-state index in [9.17, 15) is 4.79 Å². The molecule has 1 rings (SSSR count). The summed E-state index contributed by atoms with van der Waals surface area (Å²) in [4.78, 5) is 18.8. The van der Waals surface area contributed by atoms with Gasteiger partial charge in [0.25, 0.3) is 5.24 Å². The van der Waals surface area contributed by atoms with Gasteiger partial charge in [-0.3, -0.25) is 4.79 Å². The van der Waals surface area contributed by atoms with Crippen molar-refractivity contribution in [2.45, 2.75) is 6.42 Å². The molecule has 0 aromatic carbocycles. The summed E-state index contributed by atoms with van der Waals surface area (Å²) in [7, 11) is 0. The van der Waals surface area contributed by atoms with Gasteiger partial charge >= 0.3 is 0 Å². The highest BCUT2D eigenvalue weighted by molar-refractivity contribution is 7.09. The second-order valence-corrected chi connectivity index (χ2v) is 3.33. The van der Waals surface area contributed by atoms with Crippen LogP contribution in [0.5, 0.6) is 0 Å². The van der Waals surface area contributed by atoms with Crippen LogP contribution < -0.4 is 5.73 Å². The Bertz CT molecular complexity index is 340. The number of hydrogen-bond acceptors (Lipinski definition) is 7. The molecule has 0 bridgehead atoms. The maximum Gasteiger partial charge on any atom is 0.266 e. The molecular formula is C6H7ClN4O2S. The summed E-state index contributed by atoms with van der Waals surface area (Å²) < 4.78 is 3.93. The number of rotatable bonds is 5. The molecule has 0 atom stereocenters. The zero-order valence-corrected chi connectivity index (χ0v) is 8.59. The maximum atomic E-state index is 10.2. The van der Waals surface area contributed by atoms with Gasteiger partial charge < -0.3 is 10.6 Å². The minimum absolute atomic E-state index is 0.275. The smallest absolute Gasteiger partial charge is 0.266 e. The Morgan fingerprint density at radius 1 is 1.79 bits per heavy atom. The molecule has 0 radical (unpaired) electrons. The second kappa shape index (κ2) is 5.51. The summed E-state index contributed by atoms with van der Waals surface area (Å²) in [5.41, 5.74) is 5.36. The molecule has 0 fully saturated rings. The molecule has 0 amide bonds. The first-order chi connectivity index (χ1) is 6.68. The fourth-order valence-corrected chi connectivity index (χ4v) is 1.15. The first kappa shape index (κ1) is 10.9. The van der Waals surface area contributed by atoms with E-state index in [-0.39, 0.29) is 6.61 Å². The Morgan fingerprint density at radius 2 is 2.57 bits per heavy atom. The molecule has 6 nitrogen and oxygen atoms in total. The van der Waals surface area contributed by atoms with Crippen LogP contribution in [0.3, 0.4) is 0 Å². The Balaban J connectivity index is 2.19. The maximum absolute atomic E-state index is 10.2. The zero-order chi connectivity index (χ0) is 10.4. The number of aromatic nitrogens is 2. The Morgan fingerprint density at radius 3 is 3.14 bits per heavy atom. The van der Waals surface area contributed by atoms with Crippen LogP contribution in [0.25, 0.3) is 0 Å². The van der Waals surface area contributed by atoms with Gasteiger partial charge in [-0.15, -0.1) is 0 Å². The fourth-order valence-electron chi connectivity index (χ4n) is 0.637. The molecule has 0 saturated carbocycles. The van der Waals surface area contributed by atoms with Gasteiger partial charge in [0.1, 0.15) is 18.6 Å². The van der Waals surface area contributed by atoms with Gasteiger partial charge in [-0.25, -0.2) is 4.98 Å². The summed E-state index contributed by atoms with van der Waals surface area (Å²) in [6.45, 7) is 0.275. The highest BCUT2D eigenvalue weighted by Gasteiger charge is 2.00. The summed E-state index contributed by atoms with van der Waals surface area (Å²) in [6, 6.07) is 0. The first-order valence-electron chi connectivity index (χ1n) is 3.61. The van der Waals surface area contributed by atoms with Crippen LogP contribution in [0, 0.1) is 0 Å². The van der Waals surface area contributed by atoms with Crippen molar-refractivity contribution in [2.75, 3.05) is 12.3 Å². The lowest BCUT2D eigenvalue weighted by Gasteiger charge is -1.93. The quantitative estimate of drug-likeness (QED) is 0.345. The molecule has 0 aliphatic rings. The van der Waals surface area contributed by atoms with Crippen molar-refractivity contribution in [1.29, 1.82) is 0 Å². The molecular weight excluding hydrogens is 228 g/mol. The largest absolute Gasteiger partial charge is 0.395 e. The van der Waals surface area contributed by atoms with Crippen LogP contribution >= 0.6 is 23.1 Å². The second-order valence-electron chi connectivity index (χ2n) is 2.17. The predicted molar refractivity (Wildman–Crippen MR) is 53.3 cm³/mol. The van der Waals surface area contributed by atoms with Crippen molar-refractivity contribution in [3.63, 3.8) is 0 Å². The van der Waals surface area contributed by atoms with Crippen LogP contribution in [-0.4, -0.2) is 27.4 Å². The van der Waals surface area contributed by atoms with Crippen molar-refractivity contribution in [1.82, 2.24) is 9.36 Å². The number of halogens is 1. The van der Waals surface area contributed by atoms with Crippen molar-refractivity contribution in [3.05, 3.63) is 5.82 Å². The molecule has 0 aliphatic heterocycles. The molecule has 1 aromatic rings. The van der Waals surface area contributed by atoms with Gasteiger partial charge in [0, 0.05) is 18.0 Å². The number of nitrogen functional groups attached to an aromatic ring is 1. The highest BCUT2D eigenvalue weighted by atomic mass is 35.5. The average Bonchev–Trinajstić information content (AvgIpc) is 2.50. The number of anilines is 1. The molecule has 8 heteroatoms. The lowest BCUT2D eigenvalue weighted by molar-refractivity contribution is -0.106. The third kappa shape index (κ3) is 4.15. The average molecular weight is 235 g/mol.